The van der Waals surface area contributed by atoms with E-state index in [1.54, 1.807) is 12.3 Å². The Morgan fingerprint density at radius 1 is 1.40 bits per heavy atom. The van der Waals surface area contributed by atoms with Crippen molar-refractivity contribution in [1.82, 2.24) is 9.88 Å². The first kappa shape index (κ1) is 10.9. The lowest BCUT2D eigenvalue weighted by molar-refractivity contribution is 0.140. The Morgan fingerprint density at radius 2 is 2.33 bits per heavy atom. The van der Waals surface area contributed by atoms with Crippen molar-refractivity contribution < 1.29 is 4.74 Å². The molecule has 0 unspecified atom stereocenters. The van der Waals surface area contributed by atoms with Crippen molar-refractivity contribution in [2.45, 2.75) is 13.0 Å². The fraction of sp³-hybridized carbons (Fsp3) is 0.545. The summed E-state index contributed by atoms with van der Waals surface area (Å²) in [5, 5.41) is 0.756. The van der Waals surface area contributed by atoms with E-state index in [9.17, 15) is 0 Å². The summed E-state index contributed by atoms with van der Waals surface area (Å²) in [6.45, 7) is 4.62. The van der Waals surface area contributed by atoms with Crippen molar-refractivity contribution in [2.75, 3.05) is 26.3 Å². The number of ether oxygens (including phenoxy) is 1. The Kier molecular flexibility index (Phi) is 3.94. The van der Waals surface area contributed by atoms with Gasteiger partial charge in [-0.2, -0.15) is 0 Å². The molecule has 0 amide bonds. The van der Waals surface area contributed by atoms with E-state index < -0.39 is 0 Å². The summed E-state index contributed by atoms with van der Waals surface area (Å²) >= 11 is 5.91. The minimum Gasteiger partial charge on any atom is -0.380 e. The van der Waals surface area contributed by atoms with Gasteiger partial charge in [-0.3, -0.25) is 9.88 Å². The Labute approximate surface area is 95.0 Å². The summed E-state index contributed by atoms with van der Waals surface area (Å²) in [6, 6.07) is 3.73. The van der Waals surface area contributed by atoms with Crippen LogP contribution in [0.4, 0.5) is 0 Å². The number of rotatable bonds is 2. The summed E-state index contributed by atoms with van der Waals surface area (Å²) in [4.78, 5) is 6.65. The van der Waals surface area contributed by atoms with Crippen molar-refractivity contribution >= 4 is 11.6 Å². The molecule has 0 aliphatic carbocycles. The van der Waals surface area contributed by atoms with Crippen LogP contribution in [-0.2, 0) is 11.3 Å². The van der Waals surface area contributed by atoms with Crippen LogP contribution in [0.15, 0.2) is 18.3 Å². The Hall–Kier alpha value is -0.640. The molecule has 3 nitrogen and oxygen atoms in total. The highest BCUT2D eigenvalue weighted by atomic mass is 35.5. The van der Waals surface area contributed by atoms with Gasteiger partial charge in [-0.25, -0.2) is 0 Å². The van der Waals surface area contributed by atoms with Crippen molar-refractivity contribution in [3.63, 3.8) is 0 Å². The van der Waals surface area contributed by atoms with Crippen LogP contribution in [0.5, 0.6) is 0 Å². The van der Waals surface area contributed by atoms with Crippen LogP contribution in [0.1, 0.15) is 12.1 Å². The summed E-state index contributed by atoms with van der Waals surface area (Å²) < 4.78 is 5.40. The molecule has 82 valence electrons. The third-order valence-electron chi connectivity index (χ3n) is 2.48. The molecule has 0 radical (unpaired) electrons. The number of halogens is 1. The smallest absolute Gasteiger partial charge is 0.0593 e. The molecular formula is C11H15ClN2O. The zero-order valence-electron chi connectivity index (χ0n) is 8.66. The van der Waals surface area contributed by atoms with Gasteiger partial charge in [0.15, 0.2) is 0 Å². The molecule has 0 spiro atoms. The third-order valence-corrected chi connectivity index (χ3v) is 2.71. The minimum absolute atomic E-state index is 0.756. The first-order valence-corrected chi connectivity index (χ1v) is 5.63. The van der Waals surface area contributed by atoms with Gasteiger partial charge in [0, 0.05) is 37.5 Å². The number of hydrogen-bond acceptors (Lipinski definition) is 3. The first-order valence-electron chi connectivity index (χ1n) is 5.25. The van der Waals surface area contributed by atoms with E-state index in [4.69, 9.17) is 16.3 Å². The van der Waals surface area contributed by atoms with E-state index in [1.807, 2.05) is 6.07 Å². The van der Waals surface area contributed by atoms with E-state index in [0.29, 0.717) is 0 Å². The monoisotopic (exact) mass is 226 g/mol. The number of nitrogens with zero attached hydrogens (tertiary/aromatic N) is 2. The lowest BCUT2D eigenvalue weighted by Crippen LogP contribution is -2.26. The van der Waals surface area contributed by atoms with Gasteiger partial charge in [-0.1, -0.05) is 11.6 Å². The zero-order chi connectivity index (χ0) is 10.5. The zero-order valence-corrected chi connectivity index (χ0v) is 9.41. The molecule has 15 heavy (non-hydrogen) atoms. The summed E-state index contributed by atoms with van der Waals surface area (Å²) in [6.07, 6.45) is 2.85. The van der Waals surface area contributed by atoms with Gasteiger partial charge in [0.1, 0.15) is 0 Å². The molecule has 1 aromatic rings. The van der Waals surface area contributed by atoms with E-state index in [2.05, 4.69) is 9.88 Å². The van der Waals surface area contributed by atoms with E-state index in [-0.39, 0.29) is 0 Å². The molecule has 0 saturated carbocycles. The molecular weight excluding hydrogens is 212 g/mol. The Bertz CT molecular complexity index is 311. The molecule has 0 atom stereocenters. The highest BCUT2D eigenvalue weighted by Crippen LogP contribution is 2.11. The van der Waals surface area contributed by atoms with Crippen molar-refractivity contribution in [3.05, 3.63) is 29.0 Å². The van der Waals surface area contributed by atoms with Gasteiger partial charge in [-0.05, 0) is 18.6 Å². The van der Waals surface area contributed by atoms with Crippen LogP contribution in [0.25, 0.3) is 0 Å². The predicted octanol–water partition coefficient (Wildman–Crippen LogP) is 1.96. The fourth-order valence-electron chi connectivity index (χ4n) is 1.72. The van der Waals surface area contributed by atoms with Crippen LogP contribution in [0, 0.1) is 0 Å². The SMILES string of the molecule is Clc1ccnc(CN2CCCOCC2)c1. The molecule has 1 fully saturated rings. The average Bonchev–Trinajstić information content (AvgIpc) is 2.46. The van der Waals surface area contributed by atoms with Crippen LogP contribution >= 0.6 is 11.6 Å². The largest absolute Gasteiger partial charge is 0.380 e. The summed E-state index contributed by atoms with van der Waals surface area (Å²) in [5.74, 6) is 0. The van der Waals surface area contributed by atoms with E-state index in [0.717, 1.165) is 50.0 Å². The van der Waals surface area contributed by atoms with Crippen molar-refractivity contribution in [3.8, 4) is 0 Å². The summed E-state index contributed by atoms with van der Waals surface area (Å²) in [5.41, 5.74) is 1.03. The number of hydrogen-bond donors (Lipinski definition) is 0. The molecule has 1 aliphatic heterocycles. The van der Waals surface area contributed by atoms with Gasteiger partial charge >= 0.3 is 0 Å². The third kappa shape index (κ3) is 3.45. The molecule has 1 aliphatic rings. The van der Waals surface area contributed by atoms with Crippen molar-refractivity contribution in [1.29, 1.82) is 0 Å². The number of pyridine rings is 1. The maximum absolute atomic E-state index is 5.91. The quantitative estimate of drug-likeness (QED) is 0.771. The lowest BCUT2D eigenvalue weighted by atomic mass is 10.3. The van der Waals surface area contributed by atoms with Gasteiger partial charge in [0.05, 0.1) is 12.3 Å². The Morgan fingerprint density at radius 3 is 3.20 bits per heavy atom. The second kappa shape index (κ2) is 5.45. The molecule has 0 N–H and O–H groups in total. The van der Waals surface area contributed by atoms with Gasteiger partial charge in [0.25, 0.3) is 0 Å². The maximum Gasteiger partial charge on any atom is 0.0593 e. The van der Waals surface area contributed by atoms with Crippen LogP contribution in [0.3, 0.4) is 0 Å². The minimum atomic E-state index is 0.756. The molecule has 2 rings (SSSR count). The van der Waals surface area contributed by atoms with Crippen molar-refractivity contribution in [2.24, 2.45) is 0 Å². The second-order valence-electron chi connectivity index (χ2n) is 3.71. The molecule has 2 heterocycles. The molecule has 0 bridgehead atoms. The van der Waals surface area contributed by atoms with Gasteiger partial charge in [0.2, 0.25) is 0 Å². The summed E-state index contributed by atoms with van der Waals surface area (Å²) in [7, 11) is 0. The standard InChI is InChI=1S/C11H15ClN2O/c12-10-2-3-13-11(8-10)9-14-4-1-6-15-7-5-14/h2-3,8H,1,4-7,9H2. The van der Waals surface area contributed by atoms with E-state index in [1.165, 1.54) is 0 Å². The highest BCUT2D eigenvalue weighted by molar-refractivity contribution is 6.30. The molecule has 1 aromatic heterocycles. The lowest BCUT2D eigenvalue weighted by Gasteiger charge is -2.18. The normalized spacial score (nSPS) is 18.7. The van der Waals surface area contributed by atoms with Crippen LogP contribution < -0.4 is 0 Å². The second-order valence-corrected chi connectivity index (χ2v) is 4.14. The molecule has 0 aromatic carbocycles. The predicted molar refractivity (Wildman–Crippen MR) is 60.0 cm³/mol. The first-order chi connectivity index (χ1) is 7.34. The highest BCUT2D eigenvalue weighted by Gasteiger charge is 2.10. The van der Waals surface area contributed by atoms with Gasteiger partial charge < -0.3 is 4.74 Å². The molecule has 4 heteroatoms. The molecule has 1 saturated heterocycles. The van der Waals surface area contributed by atoms with E-state index >= 15 is 0 Å². The number of aromatic nitrogens is 1. The maximum atomic E-state index is 5.91. The van der Waals surface area contributed by atoms with Crippen LogP contribution in [-0.4, -0.2) is 36.2 Å². The Balaban J connectivity index is 1.95. The van der Waals surface area contributed by atoms with Crippen LogP contribution in [0.2, 0.25) is 5.02 Å². The average molecular weight is 227 g/mol. The topological polar surface area (TPSA) is 25.4 Å². The fourth-order valence-corrected chi connectivity index (χ4v) is 1.90. The van der Waals surface area contributed by atoms with Gasteiger partial charge in [-0.15, -0.1) is 0 Å².